The number of aromatic nitrogens is 1. The second kappa shape index (κ2) is 4.84. The maximum absolute atomic E-state index is 9.22. The number of hydrogen-bond acceptors (Lipinski definition) is 2. The highest BCUT2D eigenvalue weighted by molar-refractivity contribution is 7.98. The van der Waals surface area contributed by atoms with Gasteiger partial charge in [-0.3, -0.25) is 5.21 Å². The van der Waals surface area contributed by atoms with E-state index < -0.39 is 0 Å². The van der Waals surface area contributed by atoms with Crippen LogP contribution >= 0.6 is 11.8 Å². The molecule has 0 spiro atoms. The van der Waals surface area contributed by atoms with Crippen molar-refractivity contribution in [1.29, 1.82) is 0 Å². The molecule has 15 heavy (non-hydrogen) atoms. The minimum atomic E-state index is 0.866. The average Bonchev–Trinajstić information content (AvgIpc) is 2.28. The Kier molecular flexibility index (Phi) is 3.25. The van der Waals surface area contributed by atoms with E-state index in [9.17, 15) is 5.21 Å². The molecule has 2 nitrogen and oxygen atoms in total. The molecule has 0 bridgehead atoms. The van der Waals surface area contributed by atoms with Crippen molar-refractivity contribution in [1.82, 2.24) is 0 Å². The summed E-state index contributed by atoms with van der Waals surface area (Å²) >= 11 is 1.76. The van der Waals surface area contributed by atoms with Crippen LogP contribution in [-0.2, 0) is 5.75 Å². The van der Waals surface area contributed by atoms with Gasteiger partial charge in [0.1, 0.15) is 0 Å². The Morgan fingerprint density at radius 2 is 1.87 bits per heavy atom. The quantitative estimate of drug-likeness (QED) is 0.486. The number of benzene rings is 1. The Bertz CT molecular complexity index is 431. The maximum Gasteiger partial charge on any atom is 0.226 e. The number of pyridine rings is 1. The topological polar surface area (TPSA) is 24.1 Å². The summed E-state index contributed by atoms with van der Waals surface area (Å²) in [5.41, 5.74) is 1.11. The van der Waals surface area contributed by atoms with E-state index in [0.29, 0.717) is 0 Å². The number of rotatable bonds is 3. The zero-order valence-electron chi connectivity index (χ0n) is 8.21. The van der Waals surface area contributed by atoms with Gasteiger partial charge in [0.15, 0.2) is 0 Å². The number of hydrogen-bond donors (Lipinski definition) is 1. The Morgan fingerprint density at radius 1 is 1.07 bits per heavy atom. The van der Waals surface area contributed by atoms with Crippen molar-refractivity contribution >= 4 is 11.8 Å². The zero-order chi connectivity index (χ0) is 10.5. The fraction of sp³-hybridized carbons (Fsp3) is 0.0833. The zero-order valence-corrected chi connectivity index (χ0v) is 9.02. The van der Waals surface area contributed by atoms with Crippen LogP contribution in [0.2, 0.25) is 0 Å². The molecule has 1 aromatic heterocycles. The van der Waals surface area contributed by atoms with Crippen LogP contribution < -0.4 is 4.73 Å². The van der Waals surface area contributed by atoms with Crippen molar-refractivity contribution in [2.75, 3.05) is 0 Å². The van der Waals surface area contributed by atoms with Crippen LogP contribution in [-0.4, -0.2) is 5.21 Å². The van der Waals surface area contributed by atoms with Crippen LogP contribution in [0.4, 0.5) is 0 Å². The lowest BCUT2D eigenvalue weighted by Gasteiger charge is -1.99. The summed E-state index contributed by atoms with van der Waals surface area (Å²) < 4.78 is 1.08. The fourth-order valence-electron chi connectivity index (χ4n) is 1.28. The van der Waals surface area contributed by atoms with Crippen LogP contribution in [0.1, 0.15) is 5.56 Å². The highest BCUT2D eigenvalue weighted by atomic mass is 32.2. The molecule has 3 heteroatoms. The average molecular weight is 218 g/mol. The molecule has 0 aliphatic carbocycles. The van der Waals surface area contributed by atoms with Gasteiger partial charge in [0, 0.05) is 27.0 Å². The van der Waals surface area contributed by atoms with Gasteiger partial charge in [-0.05, 0) is 18.2 Å². The summed E-state index contributed by atoms with van der Waals surface area (Å²) in [6.45, 7) is 0. The van der Waals surface area contributed by atoms with Crippen LogP contribution in [0.3, 0.4) is 0 Å². The van der Waals surface area contributed by atoms with Crippen molar-refractivity contribution < 1.29 is 9.94 Å². The summed E-state index contributed by atoms with van der Waals surface area (Å²) in [5.74, 6) is 0.866. The molecule has 76 valence electrons. The largest absolute Gasteiger partial charge is 0.285 e. The van der Waals surface area contributed by atoms with E-state index in [4.69, 9.17) is 0 Å². The van der Waals surface area contributed by atoms with Gasteiger partial charge in [-0.2, -0.15) is 0 Å². The van der Waals surface area contributed by atoms with E-state index in [1.165, 1.54) is 4.90 Å². The molecule has 2 aromatic rings. The summed E-state index contributed by atoms with van der Waals surface area (Å²) in [4.78, 5) is 1.24. The van der Waals surface area contributed by atoms with Gasteiger partial charge in [0.2, 0.25) is 12.4 Å². The minimum absolute atomic E-state index is 0.866. The van der Waals surface area contributed by atoms with Crippen LogP contribution in [0.15, 0.2) is 59.8 Å². The molecular weight excluding hydrogens is 206 g/mol. The predicted octanol–water partition coefficient (Wildman–Crippen LogP) is 2.50. The van der Waals surface area contributed by atoms with Gasteiger partial charge >= 0.3 is 0 Å². The monoisotopic (exact) mass is 218 g/mol. The van der Waals surface area contributed by atoms with Gasteiger partial charge in [-0.25, -0.2) is 0 Å². The molecule has 1 aromatic carbocycles. The normalized spacial score (nSPS) is 10.1. The molecule has 1 N–H and O–H groups in total. The summed E-state index contributed by atoms with van der Waals surface area (Å²) in [6.07, 6.45) is 3.33. The third-order valence-corrected chi connectivity index (χ3v) is 3.08. The Labute approximate surface area is 93.2 Å². The van der Waals surface area contributed by atoms with E-state index in [2.05, 4.69) is 12.1 Å². The van der Waals surface area contributed by atoms with Gasteiger partial charge in [0.25, 0.3) is 0 Å². The SMILES string of the molecule is O[n+]1cccc(CSc2ccccc2)c1. The van der Waals surface area contributed by atoms with Gasteiger partial charge in [0.05, 0.1) is 0 Å². The van der Waals surface area contributed by atoms with Gasteiger partial charge < -0.3 is 0 Å². The first-order chi connectivity index (χ1) is 7.34. The maximum atomic E-state index is 9.22. The molecule has 0 unspecified atom stereocenters. The van der Waals surface area contributed by atoms with Crippen molar-refractivity contribution in [3.05, 3.63) is 60.4 Å². The standard InChI is InChI=1S/C12H12NOS/c14-13-8-4-5-11(9-13)10-15-12-6-2-1-3-7-12/h1-9,14H,10H2/q+1. The van der Waals surface area contributed by atoms with E-state index in [1.807, 2.05) is 30.3 Å². The second-order valence-corrected chi connectivity index (χ2v) is 4.24. The van der Waals surface area contributed by atoms with Crippen molar-refractivity contribution in [2.45, 2.75) is 10.6 Å². The Morgan fingerprint density at radius 3 is 2.60 bits per heavy atom. The molecule has 0 saturated heterocycles. The molecule has 2 rings (SSSR count). The first-order valence-corrected chi connectivity index (χ1v) is 5.70. The highest BCUT2D eigenvalue weighted by Crippen LogP contribution is 2.21. The lowest BCUT2D eigenvalue weighted by atomic mass is 10.3. The molecule has 0 amide bonds. The summed E-state index contributed by atoms with van der Waals surface area (Å²) in [5, 5.41) is 9.22. The molecule has 0 atom stereocenters. The lowest BCUT2D eigenvalue weighted by Crippen LogP contribution is -2.28. The van der Waals surface area contributed by atoms with Crippen LogP contribution in [0.25, 0.3) is 0 Å². The Hall–Kier alpha value is -1.48. The molecule has 0 saturated carbocycles. The van der Waals surface area contributed by atoms with Crippen molar-refractivity contribution in [3.63, 3.8) is 0 Å². The molecule has 0 aliphatic rings. The van der Waals surface area contributed by atoms with Crippen LogP contribution in [0, 0.1) is 0 Å². The number of thioether (sulfide) groups is 1. The van der Waals surface area contributed by atoms with Crippen molar-refractivity contribution in [3.8, 4) is 0 Å². The molecule has 0 radical (unpaired) electrons. The first-order valence-electron chi connectivity index (χ1n) is 4.72. The van der Waals surface area contributed by atoms with E-state index >= 15 is 0 Å². The third-order valence-electron chi connectivity index (χ3n) is 2.00. The van der Waals surface area contributed by atoms with Gasteiger partial charge in [-0.15, -0.1) is 11.8 Å². The van der Waals surface area contributed by atoms with E-state index in [1.54, 1.807) is 24.2 Å². The Balaban J connectivity index is 1.99. The summed E-state index contributed by atoms with van der Waals surface area (Å²) in [6, 6.07) is 14.1. The third kappa shape index (κ3) is 2.99. The molecular formula is C12H12NOS+. The fourth-order valence-corrected chi connectivity index (χ4v) is 2.13. The molecule has 0 aliphatic heterocycles. The van der Waals surface area contributed by atoms with Crippen molar-refractivity contribution in [2.24, 2.45) is 0 Å². The molecule has 0 fully saturated rings. The van der Waals surface area contributed by atoms with E-state index in [0.717, 1.165) is 16.0 Å². The smallest absolute Gasteiger partial charge is 0.226 e. The van der Waals surface area contributed by atoms with Crippen LogP contribution in [0.5, 0.6) is 0 Å². The van der Waals surface area contributed by atoms with E-state index in [-0.39, 0.29) is 0 Å². The lowest BCUT2D eigenvalue weighted by molar-refractivity contribution is -0.905. The minimum Gasteiger partial charge on any atom is -0.285 e. The van der Waals surface area contributed by atoms with Gasteiger partial charge in [-0.1, -0.05) is 18.2 Å². The number of nitrogens with zero attached hydrogens (tertiary/aromatic N) is 1. The summed E-state index contributed by atoms with van der Waals surface area (Å²) in [7, 11) is 0. The predicted molar refractivity (Wildman–Crippen MR) is 59.8 cm³/mol. The highest BCUT2D eigenvalue weighted by Gasteiger charge is 2.01. The first kappa shape index (κ1) is 10.1. The second-order valence-electron chi connectivity index (χ2n) is 3.19. The molecule has 1 heterocycles.